The molecule has 1 heterocycles. The minimum absolute atomic E-state index is 0.111. The van der Waals surface area contributed by atoms with Crippen molar-refractivity contribution in [3.63, 3.8) is 0 Å². The summed E-state index contributed by atoms with van der Waals surface area (Å²) in [6.45, 7) is 0. The minimum atomic E-state index is -3.69. The van der Waals surface area contributed by atoms with Gasteiger partial charge < -0.3 is 5.73 Å². The Kier molecular flexibility index (Phi) is 3.60. The molecule has 18 heavy (non-hydrogen) atoms. The highest BCUT2D eigenvalue weighted by Gasteiger charge is 2.19. The van der Waals surface area contributed by atoms with E-state index in [1.54, 1.807) is 11.4 Å². The number of benzene rings is 1. The number of hydrogen-bond acceptors (Lipinski definition) is 4. The Hall–Kier alpha value is -1.12. The van der Waals surface area contributed by atoms with Crippen LogP contribution in [0.4, 0.5) is 15.8 Å². The molecule has 1 aromatic heterocycles. The van der Waals surface area contributed by atoms with Crippen LogP contribution in [0.3, 0.4) is 0 Å². The van der Waals surface area contributed by atoms with Crippen molar-refractivity contribution >= 4 is 48.7 Å². The number of hydrogen-bond donors (Lipinski definition) is 2. The highest BCUT2D eigenvalue weighted by Crippen LogP contribution is 2.29. The van der Waals surface area contributed by atoms with Crippen LogP contribution < -0.4 is 10.5 Å². The van der Waals surface area contributed by atoms with E-state index in [1.165, 1.54) is 12.1 Å². The third-order valence-electron chi connectivity index (χ3n) is 2.08. The molecule has 0 aliphatic carbocycles. The Bertz CT molecular complexity index is 685. The molecule has 0 atom stereocenters. The van der Waals surface area contributed by atoms with Crippen molar-refractivity contribution in [1.82, 2.24) is 0 Å². The van der Waals surface area contributed by atoms with Crippen LogP contribution in [0.25, 0.3) is 0 Å². The lowest BCUT2D eigenvalue weighted by atomic mass is 10.3. The maximum Gasteiger partial charge on any atom is 0.272 e. The summed E-state index contributed by atoms with van der Waals surface area (Å²) in [6.07, 6.45) is 0. The molecule has 0 saturated carbocycles. The van der Waals surface area contributed by atoms with Crippen molar-refractivity contribution in [2.45, 2.75) is 4.21 Å². The predicted molar refractivity (Wildman–Crippen MR) is 73.6 cm³/mol. The smallest absolute Gasteiger partial charge is 0.272 e. The number of nitrogen functional groups attached to an aromatic ring is 1. The summed E-state index contributed by atoms with van der Waals surface area (Å²) in [4.78, 5) is 0. The van der Waals surface area contributed by atoms with E-state index in [1.807, 2.05) is 0 Å². The zero-order valence-electron chi connectivity index (χ0n) is 8.85. The average Bonchev–Trinajstić information content (AvgIpc) is 2.70. The van der Waals surface area contributed by atoms with Gasteiger partial charge in [-0.15, -0.1) is 11.3 Å². The largest absolute Gasteiger partial charge is 0.396 e. The van der Waals surface area contributed by atoms with E-state index in [4.69, 9.17) is 5.73 Å². The zero-order valence-corrected chi connectivity index (χ0v) is 12.1. The van der Waals surface area contributed by atoms with Crippen LogP contribution in [0, 0.1) is 5.82 Å². The van der Waals surface area contributed by atoms with Crippen molar-refractivity contribution in [3.05, 3.63) is 39.9 Å². The van der Waals surface area contributed by atoms with Gasteiger partial charge in [-0.2, -0.15) is 0 Å². The van der Waals surface area contributed by atoms with Crippen LogP contribution >= 0.6 is 27.3 Å². The maximum atomic E-state index is 13.0. The average molecular weight is 351 g/mol. The molecule has 0 saturated heterocycles. The monoisotopic (exact) mass is 350 g/mol. The van der Waals surface area contributed by atoms with Gasteiger partial charge in [-0.05, 0) is 45.6 Å². The zero-order chi connectivity index (χ0) is 13.3. The summed E-state index contributed by atoms with van der Waals surface area (Å²) in [5.74, 6) is -0.588. The van der Waals surface area contributed by atoms with E-state index < -0.39 is 15.8 Å². The first-order valence-electron chi connectivity index (χ1n) is 4.71. The lowest BCUT2D eigenvalue weighted by Gasteiger charge is -2.07. The molecule has 0 fully saturated rings. The third kappa shape index (κ3) is 2.65. The quantitative estimate of drug-likeness (QED) is 0.835. The molecule has 0 amide bonds. The third-order valence-corrected chi connectivity index (χ3v) is 6.13. The highest BCUT2D eigenvalue weighted by molar-refractivity contribution is 9.10. The Morgan fingerprint density at radius 2 is 2.06 bits per heavy atom. The van der Waals surface area contributed by atoms with Crippen molar-refractivity contribution in [2.75, 3.05) is 10.5 Å². The van der Waals surface area contributed by atoms with Gasteiger partial charge in [-0.1, -0.05) is 0 Å². The summed E-state index contributed by atoms with van der Waals surface area (Å²) in [7, 11) is -3.69. The summed E-state index contributed by atoms with van der Waals surface area (Å²) >= 11 is 4.23. The number of anilines is 2. The summed E-state index contributed by atoms with van der Waals surface area (Å²) in [5, 5.41) is 1.65. The first kappa shape index (κ1) is 13.3. The normalized spacial score (nSPS) is 11.4. The summed E-state index contributed by atoms with van der Waals surface area (Å²) in [6, 6.07) is 5.29. The Morgan fingerprint density at radius 3 is 2.61 bits per heavy atom. The summed E-state index contributed by atoms with van der Waals surface area (Å²) in [5.41, 5.74) is 5.48. The molecular weight excluding hydrogens is 343 g/mol. The van der Waals surface area contributed by atoms with Crippen LogP contribution in [0.1, 0.15) is 0 Å². The molecule has 1 aromatic carbocycles. The molecule has 0 unspecified atom stereocenters. The van der Waals surface area contributed by atoms with Crippen LogP contribution in [0.5, 0.6) is 0 Å². The SMILES string of the molecule is Nc1cc(NS(=O)(=O)c2sccc2Br)ccc1F. The van der Waals surface area contributed by atoms with Gasteiger partial charge in [0.2, 0.25) is 0 Å². The number of thiophene rings is 1. The van der Waals surface area contributed by atoms with E-state index in [0.717, 1.165) is 17.4 Å². The number of nitrogens with two attached hydrogens (primary N) is 1. The molecule has 2 rings (SSSR count). The van der Waals surface area contributed by atoms with Gasteiger partial charge in [0.1, 0.15) is 5.82 Å². The Morgan fingerprint density at radius 1 is 1.33 bits per heavy atom. The van der Waals surface area contributed by atoms with Crippen molar-refractivity contribution < 1.29 is 12.8 Å². The van der Waals surface area contributed by atoms with Gasteiger partial charge in [-0.25, -0.2) is 12.8 Å². The molecule has 4 nitrogen and oxygen atoms in total. The first-order chi connectivity index (χ1) is 8.40. The molecule has 0 radical (unpaired) electrons. The molecule has 0 bridgehead atoms. The second-order valence-electron chi connectivity index (χ2n) is 3.40. The van der Waals surface area contributed by atoms with Crippen molar-refractivity contribution in [1.29, 1.82) is 0 Å². The van der Waals surface area contributed by atoms with E-state index >= 15 is 0 Å². The van der Waals surface area contributed by atoms with Gasteiger partial charge in [0.15, 0.2) is 4.21 Å². The highest BCUT2D eigenvalue weighted by atomic mass is 79.9. The van der Waals surface area contributed by atoms with Crippen molar-refractivity contribution in [2.24, 2.45) is 0 Å². The van der Waals surface area contributed by atoms with E-state index in [0.29, 0.717) is 4.47 Å². The standard InChI is InChI=1S/C10H8BrFN2O2S2/c11-7-3-4-17-10(7)18(15,16)14-6-1-2-8(12)9(13)5-6/h1-5,14H,13H2. The lowest BCUT2D eigenvalue weighted by Crippen LogP contribution is -2.12. The van der Waals surface area contributed by atoms with Crippen LogP contribution in [0.15, 0.2) is 38.3 Å². The Labute approximate surface area is 116 Å². The summed E-state index contributed by atoms with van der Waals surface area (Å²) < 4.78 is 40.0. The maximum absolute atomic E-state index is 13.0. The second-order valence-corrected chi connectivity index (χ2v) is 7.05. The fourth-order valence-corrected chi connectivity index (χ4v) is 4.67. The molecule has 2 aromatic rings. The van der Waals surface area contributed by atoms with Crippen LogP contribution in [-0.2, 0) is 10.0 Å². The molecule has 96 valence electrons. The van der Waals surface area contributed by atoms with E-state index in [-0.39, 0.29) is 15.6 Å². The minimum Gasteiger partial charge on any atom is -0.396 e. The predicted octanol–water partition coefficient (Wildman–Crippen LogP) is 3.03. The van der Waals surface area contributed by atoms with Gasteiger partial charge in [0, 0.05) is 4.47 Å². The van der Waals surface area contributed by atoms with Gasteiger partial charge in [-0.3, -0.25) is 4.72 Å². The van der Waals surface area contributed by atoms with Gasteiger partial charge in [0.05, 0.1) is 11.4 Å². The molecule has 0 aliphatic rings. The fourth-order valence-electron chi connectivity index (χ4n) is 1.28. The molecule has 0 spiro atoms. The molecule has 8 heteroatoms. The fraction of sp³-hybridized carbons (Fsp3) is 0. The molecule has 3 N–H and O–H groups in total. The number of sulfonamides is 1. The number of rotatable bonds is 3. The first-order valence-corrected chi connectivity index (χ1v) is 7.86. The number of halogens is 2. The Balaban J connectivity index is 2.34. The lowest BCUT2D eigenvalue weighted by molar-refractivity contribution is 0.602. The van der Waals surface area contributed by atoms with Crippen LogP contribution in [0.2, 0.25) is 0 Å². The van der Waals surface area contributed by atoms with Crippen LogP contribution in [-0.4, -0.2) is 8.42 Å². The molecule has 0 aliphatic heterocycles. The topological polar surface area (TPSA) is 72.2 Å². The van der Waals surface area contributed by atoms with Crippen molar-refractivity contribution in [3.8, 4) is 0 Å². The van der Waals surface area contributed by atoms with Gasteiger partial charge in [0.25, 0.3) is 10.0 Å². The number of nitrogens with one attached hydrogen (secondary N) is 1. The van der Waals surface area contributed by atoms with E-state index in [2.05, 4.69) is 20.7 Å². The second kappa shape index (κ2) is 4.87. The van der Waals surface area contributed by atoms with E-state index in [9.17, 15) is 12.8 Å². The molecular formula is C10H8BrFN2O2S2. The van der Waals surface area contributed by atoms with Gasteiger partial charge >= 0.3 is 0 Å².